The standard InChI is InChI=1S/C11H11F6NO/c1-2-18-9(10(12,13)14)7-3-5-8(6-4-7)19-11(15,16)17/h3-6,9,18H,2H2,1H3. The smallest absolute Gasteiger partial charge is 0.406 e. The number of alkyl halides is 6. The van der Waals surface area contributed by atoms with Crippen molar-refractivity contribution in [2.45, 2.75) is 25.5 Å². The molecule has 2 nitrogen and oxygen atoms in total. The second-order valence-corrected chi connectivity index (χ2v) is 3.65. The zero-order valence-electron chi connectivity index (χ0n) is 9.77. The number of ether oxygens (including phenoxy) is 1. The Kier molecular flexibility index (Phi) is 4.67. The molecule has 1 atom stereocenters. The number of nitrogens with one attached hydrogen (secondary N) is 1. The molecule has 8 heteroatoms. The molecule has 108 valence electrons. The lowest BCUT2D eigenvalue weighted by Gasteiger charge is -2.21. The number of rotatable bonds is 4. The van der Waals surface area contributed by atoms with Gasteiger partial charge in [-0.2, -0.15) is 13.2 Å². The molecule has 0 saturated carbocycles. The fourth-order valence-electron chi connectivity index (χ4n) is 1.49. The fourth-order valence-corrected chi connectivity index (χ4v) is 1.49. The Balaban J connectivity index is 2.90. The van der Waals surface area contributed by atoms with Crippen molar-refractivity contribution in [1.29, 1.82) is 0 Å². The van der Waals surface area contributed by atoms with E-state index in [4.69, 9.17) is 0 Å². The molecule has 0 fully saturated rings. The summed E-state index contributed by atoms with van der Waals surface area (Å²) in [6.45, 7) is 1.57. The topological polar surface area (TPSA) is 21.3 Å². The van der Waals surface area contributed by atoms with E-state index in [9.17, 15) is 26.3 Å². The van der Waals surface area contributed by atoms with Gasteiger partial charge >= 0.3 is 12.5 Å². The van der Waals surface area contributed by atoms with E-state index >= 15 is 0 Å². The lowest BCUT2D eigenvalue weighted by atomic mass is 10.1. The van der Waals surface area contributed by atoms with E-state index < -0.39 is 24.3 Å². The Morgan fingerprint density at radius 2 is 1.58 bits per heavy atom. The zero-order valence-corrected chi connectivity index (χ0v) is 9.77. The molecule has 19 heavy (non-hydrogen) atoms. The van der Waals surface area contributed by atoms with E-state index in [1.807, 2.05) is 0 Å². The summed E-state index contributed by atoms with van der Waals surface area (Å²) in [6.07, 6.45) is -9.39. The van der Waals surface area contributed by atoms with Crippen molar-refractivity contribution in [3.63, 3.8) is 0 Å². The maximum Gasteiger partial charge on any atom is 0.573 e. The molecule has 0 heterocycles. The summed E-state index contributed by atoms with van der Waals surface area (Å²) in [6, 6.07) is 1.67. The Bertz CT molecular complexity index is 397. The van der Waals surface area contributed by atoms with Crippen LogP contribution in [0.2, 0.25) is 0 Å². The van der Waals surface area contributed by atoms with Crippen molar-refractivity contribution in [1.82, 2.24) is 5.32 Å². The van der Waals surface area contributed by atoms with Gasteiger partial charge in [-0.3, -0.25) is 0 Å². The van der Waals surface area contributed by atoms with Gasteiger partial charge in [0.1, 0.15) is 11.8 Å². The van der Waals surface area contributed by atoms with Crippen LogP contribution >= 0.6 is 0 Å². The molecular weight excluding hydrogens is 276 g/mol. The molecular formula is C11H11F6NO. The van der Waals surface area contributed by atoms with Crippen LogP contribution in [-0.2, 0) is 0 Å². The van der Waals surface area contributed by atoms with Crippen molar-refractivity contribution in [2.24, 2.45) is 0 Å². The normalized spacial score (nSPS) is 14.3. The predicted octanol–water partition coefficient (Wildman–Crippen LogP) is 3.80. The highest BCUT2D eigenvalue weighted by atomic mass is 19.4. The Morgan fingerprint density at radius 3 is 1.95 bits per heavy atom. The molecule has 0 bridgehead atoms. The van der Waals surface area contributed by atoms with Crippen LogP contribution in [0.5, 0.6) is 5.75 Å². The van der Waals surface area contributed by atoms with Crippen molar-refractivity contribution in [3.8, 4) is 5.75 Å². The molecule has 0 aliphatic heterocycles. The molecule has 0 aliphatic carbocycles. The first-order valence-corrected chi connectivity index (χ1v) is 5.29. The predicted molar refractivity (Wildman–Crippen MR) is 55.6 cm³/mol. The summed E-state index contributed by atoms with van der Waals surface area (Å²) >= 11 is 0. The van der Waals surface area contributed by atoms with Crippen LogP contribution in [-0.4, -0.2) is 19.1 Å². The molecule has 1 unspecified atom stereocenters. The largest absolute Gasteiger partial charge is 0.573 e. The Labute approximate surface area is 105 Å². The summed E-state index contributed by atoms with van der Waals surface area (Å²) in [7, 11) is 0. The van der Waals surface area contributed by atoms with Gasteiger partial charge in [0, 0.05) is 0 Å². The maximum absolute atomic E-state index is 12.7. The van der Waals surface area contributed by atoms with Gasteiger partial charge in [0.05, 0.1) is 0 Å². The molecule has 0 aliphatic rings. The van der Waals surface area contributed by atoms with Gasteiger partial charge < -0.3 is 10.1 Å². The van der Waals surface area contributed by atoms with E-state index in [2.05, 4.69) is 10.1 Å². The van der Waals surface area contributed by atoms with Crippen LogP contribution in [0.25, 0.3) is 0 Å². The number of halogens is 6. The Morgan fingerprint density at radius 1 is 1.05 bits per heavy atom. The molecule has 0 amide bonds. The summed E-state index contributed by atoms with van der Waals surface area (Å²) < 4.78 is 77.3. The van der Waals surface area contributed by atoms with E-state index in [1.54, 1.807) is 0 Å². The summed E-state index contributed by atoms with van der Waals surface area (Å²) in [4.78, 5) is 0. The highest BCUT2D eigenvalue weighted by Crippen LogP contribution is 2.33. The van der Waals surface area contributed by atoms with Crippen molar-refractivity contribution < 1.29 is 31.1 Å². The first-order valence-electron chi connectivity index (χ1n) is 5.29. The average molecular weight is 287 g/mol. The average Bonchev–Trinajstić information content (AvgIpc) is 2.23. The summed E-state index contributed by atoms with van der Waals surface area (Å²) in [5.74, 6) is -0.561. The first kappa shape index (κ1) is 15.6. The fraction of sp³-hybridized carbons (Fsp3) is 0.455. The second-order valence-electron chi connectivity index (χ2n) is 3.65. The number of hydrogen-bond acceptors (Lipinski definition) is 2. The van der Waals surface area contributed by atoms with Gasteiger partial charge in [0.25, 0.3) is 0 Å². The molecule has 0 radical (unpaired) electrons. The zero-order chi connectivity index (χ0) is 14.7. The minimum atomic E-state index is -4.87. The van der Waals surface area contributed by atoms with Gasteiger partial charge in [-0.15, -0.1) is 13.2 Å². The van der Waals surface area contributed by atoms with Crippen molar-refractivity contribution in [3.05, 3.63) is 29.8 Å². The third-order valence-electron chi connectivity index (χ3n) is 2.18. The third-order valence-corrected chi connectivity index (χ3v) is 2.18. The quantitative estimate of drug-likeness (QED) is 0.850. The SMILES string of the molecule is CCNC(c1ccc(OC(F)(F)F)cc1)C(F)(F)F. The minimum Gasteiger partial charge on any atom is -0.406 e. The highest BCUT2D eigenvalue weighted by molar-refractivity contribution is 5.30. The van der Waals surface area contributed by atoms with Gasteiger partial charge in [-0.25, -0.2) is 0 Å². The molecule has 1 aromatic rings. The van der Waals surface area contributed by atoms with Crippen LogP contribution in [0.4, 0.5) is 26.3 Å². The molecule has 0 spiro atoms. The maximum atomic E-state index is 12.7. The van der Waals surface area contributed by atoms with Gasteiger partial charge in [-0.05, 0) is 24.2 Å². The van der Waals surface area contributed by atoms with E-state index in [1.165, 1.54) is 6.92 Å². The van der Waals surface area contributed by atoms with Crippen molar-refractivity contribution in [2.75, 3.05) is 6.54 Å². The van der Waals surface area contributed by atoms with Crippen LogP contribution in [0.3, 0.4) is 0 Å². The van der Waals surface area contributed by atoms with Gasteiger partial charge in [-0.1, -0.05) is 19.1 Å². The monoisotopic (exact) mass is 287 g/mol. The molecule has 0 aromatic heterocycles. The second kappa shape index (κ2) is 5.68. The van der Waals surface area contributed by atoms with Crippen LogP contribution in [0.15, 0.2) is 24.3 Å². The molecule has 1 N–H and O–H groups in total. The molecule has 1 rings (SSSR count). The number of benzene rings is 1. The first-order chi connectivity index (χ1) is 8.63. The molecule has 0 saturated heterocycles. The summed E-state index contributed by atoms with van der Waals surface area (Å²) in [5, 5.41) is 2.22. The molecule has 1 aromatic carbocycles. The third kappa shape index (κ3) is 4.98. The van der Waals surface area contributed by atoms with E-state index in [-0.39, 0.29) is 12.1 Å². The lowest BCUT2D eigenvalue weighted by Crippen LogP contribution is -2.34. The minimum absolute atomic E-state index is 0.0744. The summed E-state index contributed by atoms with van der Waals surface area (Å²) in [5.41, 5.74) is -0.177. The van der Waals surface area contributed by atoms with Crippen LogP contribution in [0, 0.1) is 0 Å². The van der Waals surface area contributed by atoms with Crippen molar-refractivity contribution >= 4 is 0 Å². The highest BCUT2D eigenvalue weighted by Gasteiger charge is 2.40. The van der Waals surface area contributed by atoms with E-state index in [0.29, 0.717) is 0 Å². The lowest BCUT2D eigenvalue weighted by molar-refractivity contribution is -0.274. The van der Waals surface area contributed by atoms with Crippen LogP contribution < -0.4 is 10.1 Å². The Hall–Kier alpha value is -1.44. The van der Waals surface area contributed by atoms with E-state index in [0.717, 1.165) is 24.3 Å². The van der Waals surface area contributed by atoms with Gasteiger partial charge in [0.15, 0.2) is 0 Å². The van der Waals surface area contributed by atoms with Gasteiger partial charge in [0.2, 0.25) is 0 Å². The van der Waals surface area contributed by atoms with Crippen LogP contribution in [0.1, 0.15) is 18.5 Å². The number of hydrogen-bond donors (Lipinski definition) is 1.